The number of carbonyl (C=O) groups excluding carboxylic acids is 1. The highest BCUT2D eigenvalue weighted by molar-refractivity contribution is 14.0. The summed E-state index contributed by atoms with van der Waals surface area (Å²) in [4.78, 5) is 22.2. The van der Waals surface area contributed by atoms with Gasteiger partial charge in [0.05, 0.1) is 27.6 Å². The van der Waals surface area contributed by atoms with Gasteiger partial charge in [-0.25, -0.2) is 9.98 Å². The largest absolute Gasteiger partial charge is 0.399 e. The highest BCUT2D eigenvalue weighted by Gasteiger charge is 2.07. The average Bonchev–Trinajstić information content (AvgIpc) is 2.95. The Kier molecular flexibility index (Phi) is 11.1. The first-order valence-electron chi connectivity index (χ1n) is 12.7. The van der Waals surface area contributed by atoms with E-state index in [-0.39, 0.29) is 53.9 Å². The number of pyridine rings is 2. The monoisotopic (exact) mass is 758 g/mol. The zero-order chi connectivity index (χ0) is 26.5. The number of aromatic nitrogens is 2. The van der Waals surface area contributed by atoms with E-state index in [1.54, 1.807) is 12.1 Å². The van der Waals surface area contributed by atoms with Crippen molar-refractivity contribution in [2.75, 3.05) is 11.1 Å². The van der Waals surface area contributed by atoms with Crippen molar-refractivity contribution >= 4 is 87.5 Å². The standard InChI is InChI=1S/C31H30N6O.2HI/c1-3-36-18-15-27(16-19-36)33-24-8-5-22(6-9-24)31(38)35-26-12-10-25(11-13-26)34-29-17-20-37(4-2)30-14-7-23(32)21-28(29)30;;/h5-21H,3-4,32H2,1-2H3,(H,35,38);2*1H. The average molecular weight is 758 g/mol. The van der Waals surface area contributed by atoms with Gasteiger partial charge >= 0.3 is 0 Å². The number of benzene rings is 3. The minimum atomic E-state index is -0.182. The Balaban J connectivity index is 0.00000220. The van der Waals surface area contributed by atoms with Gasteiger partial charge < -0.3 is 20.2 Å². The highest BCUT2D eigenvalue weighted by atomic mass is 127. The Labute approximate surface area is 267 Å². The molecule has 0 saturated carbocycles. The maximum atomic E-state index is 12.8. The van der Waals surface area contributed by atoms with Gasteiger partial charge in [0.1, 0.15) is 0 Å². The SMILES string of the molecule is CCn1ccc(=Nc2ccc(C(=O)Nc3ccc(N=c4ccn(CC)c5ccc(N)cc45)cc3)cc2)cc1.I.I. The molecule has 5 aromatic rings. The van der Waals surface area contributed by atoms with Crippen LogP contribution in [-0.2, 0) is 13.1 Å². The van der Waals surface area contributed by atoms with Crippen molar-refractivity contribution in [2.24, 2.45) is 9.98 Å². The highest BCUT2D eigenvalue weighted by Crippen LogP contribution is 2.19. The quantitative estimate of drug-likeness (QED) is 0.144. The molecule has 3 N–H and O–H groups in total. The predicted molar refractivity (Wildman–Crippen MR) is 184 cm³/mol. The van der Waals surface area contributed by atoms with E-state index in [1.165, 1.54) is 0 Å². The fourth-order valence-corrected chi connectivity index (χ4v) is 4.25. The molecule has 40 heavy (non-hydrogen) atoms. The third-order valence-electron chi connectivity index (χ3n) is 6.36. The molecule has 0 atom stereocenters. The number of hydrogen-bond acceptors (Lipinski definition) is 4. The molecular formula is C31H32I2N6O. The van der Waals surface area contributed by atoms with Crippen LogP contribution >= 0.6 is 48.0 Å². The minimum absolute atomic E-state index is 0. The lowest BCUT2D eigenvalue weighted by Gasteiger charge is -2.10. The number of carbonyl (C=O) groups is 1. The first-order valence-corrected chi connectivity index (χ1v) is 12.7. The molecule has 5 rings (SSSR count). The molecule has 1 amide bonds. The van der Waals surface area contributed by atoms with Crippen LogP contribution in [0.4, 0.5) is 22.7 Å². The van der Waals surface area contributed by atoms with Crippen molar-refractivity contribution in [3.63, 3.8) is 0 Å². The lowest BCUT2D eigenvalue weighted by molar-refractivity contribution is 0.102. The van der Waals surface area contributed by atoms with Crippen molar-refractivity contribution in [1.82, 2.24) is 9.13 Å². The van der Waals surface area contributed by atoms with Gasteiger partial charge in [-0.3, -0.25) is 4.79 Å². The maximum absolute atomic E-state index is 12.8. The van der Waals surface area contributed by atoms with Crippen LogP contribution in [0.2, 0.25) is 0 Å². The molecule has 2 heterocycles. The molecule has 0 aliphatic carbocycles. The van der Waals surface area contributed by atoms with Crippen LogP contribution in [0.15, 0.2) is 114 Å². The molecule has 0 aliphatic rings. The number of halogens is 2. The molecule has 7 nitrogen and oxygen atoms in total. The van der Waals surface area contributed by atoms with E-state index in [4.69, 9.17) is 10.7 Å². The van der Waals surface area contributed by atoms with Crippen LogP contribution in [0.25, 0.3) is 10.9 Å². The molecule has 0 radical (unpaired) electrons. The summed E-state index contributed by atoms with van der Waals surface area (Å²) in [5.74, 6) is -0.182. The Bertz CT molecular complexity index is 1720. The Morgan fingerprint density at radius 2 is 1.43 bits per heavy atom. The Morgan fingerprint density at radius 3 is 2.08 bits per heavy atom. The molecule has 0 fully saturated rings. The lowest BCUT2D eigenvalue weighted by atomic mass is 10.1. The normalized spacial score (nSPS) is 10.9. The summed E-state index contributed by atoms with van der Waals surface area (Å²) in [6.45, 7) is 5.97. The van der Waals surface area contributed by atoms with E-state index in [1.807, 2.05) is 91.4 Å². The van der Waals surface area contributed by atoms with Crippen LogP contribution in [0.5, 0.6) is 0 Å². The summed E-state index contributed by atoms with van der Waals surface area (Å²) in [7, 11) is 0. The third-order valence-corrected chi connectivity index (χ3v) is 6.36. The molecule has 0 spiro atoms. The number of rotatable bonds is 6. The van der Waals surface area contributed by atoms with E-state index >= 15 is 0 Å². The zero-order valence-electron chi connectivity index (χ0n) is 22.3. The molecule has 206 valence electrons. The number of aryl methyl sites for hydroxylation is 2. The predicted octanol–water partition coefficient (Wildman–Crippen LogP) is 7.02. The van der Waals surface area contributed by atoms with Gasteiger partial charge in [-0.15, -0.1) is 48.0 Å². The van der Waals surface area contributed by atoms with E-state index < -0.39 is 0 Å². The minimum Gasteiger partial charge on any atom is -0.399 e. The summed E-state index contributed by atoms with van der Waals surface area (Å²) in [6, 6.07) is 26.5. The lowest BCUT2D eigenvalue weighted by Crippen LogP contribution is -2.11. The van der Waals surface area contributed by atoms with E-state index in [0.29, 0.717) is 16.9 Å². The second-order valence-electron chi connectivity index (χ2n) is 8.92. The van der Waals surface area contributed by atoms with Gasteiger partial charge in [0.2, 0.25) is 0 Å². The van der Waals surface area contributed by atoms with Crippen molar-refractivity contribution in [3.8, 4) is 0 Å². The second-order valence-corrected chi connectivity index (χ2v) is 8.92. The summed E-state index contributed by atoms with van der Waals surface area (Å²) in [6.07, 6.45) is 6.03. The summed E-state index contributed by atoms with van der Waals surface area (Å²) in [5.41, 5.74) is 10.7. The summed E-state index contributed by atoms with van der Waals surface area (Å²) < 4.78 is 4.24. The van der Waals surface area contributed by atoms with Crippen LogP contribution in [0.3, 0.4) is 0 Å². The molecule has 2 aromatic heterocycles. The molecule has 3 aromatic carbocycles. The van der Waals surface area contributed by atoms with Crippen LogP contribution in [0.1, 0.15) is 24.2 Å². The van der Waals surface area contributed by atoms with E-state index in [0.717, 1.165) is 46.1 Å². The zero-order valence-corrected chi connectivity index (χ0v) is 27.0. The molecule has 0 aliphatic heterocycles. The number of nitrogens with one attached hydrogen (secondary N) is 1. The first kappa shape index (κ1) is 31.1. The van der Waals surface area contributed by atoms with Gasteiger partial charge in [-0.05, 0) is 98.8 Å². The number of amides is 1. The number of nitrogens with two attached hydrogens (primary N) is 1. The summed E-state index contributed by atoms with van der Waals surface area (Å²) in [5, 5.41) is 5.66. The molecule has 9 heteroatoms. The van der Waals surface area contributed by atoms with E-state index in [2.05, 4.69) is 33.3 Å². The first-order chi connectivity index (χ1) is 18.5. The van der Waals surface area contributed by atoms with Crippen LogP contribution in [0, 0.1) is 0 Å². The third kappa shape index (κ3) is 7.39. The van der Waals surface area contributed by atoms with Gasteiger partial charge in [0.25, 0.3) is 5.91 Å². The van der Waals surface area contributed by atoms with E-state index in [9.17, 15) is 4.79 Å². The maximum Gasteiger partial charge on any atom is 0.255 e. The molecule has 0 unspecified atom stereocenters. The fourth-order valence-electron chi connectivity index (χ4n) is 4.25. The van der Waals surface area contributed by atoms with Crippen LogP contribution in [-0.4, -0.2) is 15.0 Å². The van der Waals surface area contributed by atoms with Crippen molar-refractivity contribution < 1.29 is 4.79 Å². The molecular weight excluding hydrogens is 726 g/mol. The fraction of sp³-hybridized carbons (Fsp3) is 0.129. The smallest absolute Gasteiger partial charge is 0.255 e. The number of hydrogen-bond donors (Lipinski definition) is 2. The number of nitrogens with zero attached hydrogens (tertiary/aromatic N) is 4. The number of anilines is 2. The van der Waals surface area contributed by atoms with Crippen LogP contribution < -0.4 is 21.8 Å². The topological polar surface area (TPSA) is 89.7 Å². The van der Waals surface area contributed by atoms with Gasteiger partial charge in [-0.2, -0.15) is 0 Å². The van der Waals surface area contributed by atoms with Crippen molar-refractivity contribution in [2.45, 2.75) is 26.9 Å². The van der Waals surface area contributed by atoms with Crippen molar-refractivity contribution in [3.05, 3.63) is 120 Å². The molecule has 0 bridgehead atoms. The number of nitrogen functional groups attached to an aromatic ring is 1. The summed E-state index contributed by atoms with van der Waals surface area (Å²) >= 11 is 0. The Morgan fingerprint density at radius 1 is 0.775 bits per heavy atom. The van der Waals surface area contributed by atoms with Gasteiger partial charge in [0, 0.05) is 54.0 Å². The molecule has 0 saturated heterocycles. The van der Waals surface area contributed by atoms with Gasteiger partial charge in [-0.1, -0.05) is 0 Å². The van der Waals surface area contributed by atoms with Gasteiger partial charge in [0.15, 0.2) is 0 Å². The Hall–Kier alpha value is -3.45. The van der Waals surface area contributed by atoms with Crippen molar-refractivity contribution in [1.29, 1.82) is 0 Å². The second kappa shape index (κ2) is 14.3. The number of fused-ring (bicyclic) bond motifs is 1.